The fourth-order valence-corrected chi connectivity index (χ4v) is 2.85. The number of pyridine rings is 1. The van der Waals surface area contributed by atoms with Gasteiger partial charge in [-0.15, -0.1) is 11.3 Å². The number of nitrogens with one attached hydrogen (secondary N) is 1. The lowest BCUT2D eigenvalue weighted by Crippen LogP contribution is -2.22. The van der Waals surface area contributed by atoms with Gasteiger partial charge in [-0.3, -0.25) is 9.78 Å². The van der Waals surface area contributed by atoms with Gasteiger partial charge in [0.05, 0.1) is 17.2 Å². The van der Waals surface area contributed by atoms with Crippen molar-refractivity contribution in [2.24, 2.45) is 0 Å². The fourth-order valence-electron chi connectivity index (χ4n) is 1.74. The fraction of sp³-hybridized carbons (Fsp3) is 0.357. The van der Waals surface area contributed by atoms with Crippen molar-refractivity contribution in [3.63, 3.8) is 0 Å². The lowest BCUT2D eigenvalue weighted by Gasteiger charge is -2.03. The number of hydrogen-bond acceptors (Lipinski definition) is 4. The van der Waals surface area contributed by atoms with Gasteiger partial charge in [0, 0.05) is 22.8 Å². The molecular formula is C14H17N3OS. The topological polar surface area (TPSA) is 54.9 Å². The van der Waals surface area contributed by atoms with E-state index in [0.29, 0.717) is 12.1 Å². The molecule has 2 aromatic rings. The molecule has 19 heavy (non-hydrogen) atoms. The lowest BCUT2D eigenvalue weighted by molar-refractivity contribution is 0.0951. The third-order valence-corrected chi connectivity index (χ3v) is 3.97. The zero-order chi connectivity index (χ0) is 13.7. The Hall–Kier alpha value is -1.75. The van der Waals surface area contributed by atoms with Crippen LogP contribution in [0.2, 0.25) is 0 Å². The highest BCUT2D eigenvalue weighted by Gasteiger charge is 2.09. The minimum atomic E-state index is -0.0766. The molecule has 2 heterocycles. The van der Waals surface area contributed by atoms with E-state index in [9.17, 15) is 4.79 Å². The number of nitrogens with zero attached hydrogens (tertiary/aromatic N) is 2. The molecule has 0 aromatic carbocycles. The maximum Gasteiger partial charge on any atom is 0.251 e. The van der Waals surface area contributed by atoms with Crippen LogP contribution >= 0.6 is 11.3 Å². The summed E-state index contributed by atoms with van der Waals surface area (Å²) >= 11 is 1.68. The Bertz CT molecular complexity index is 551. The first-order valence-corrected chi connectivity index (χ1v) is 7.15. The Labute approximate surface area is 116 Å². The van der Waals surface area contributed by atoms with Gasteiger partial charge in [0.15, 0.2) is 0 Å². The molecule has 0 aliphatic heterocycles. The van der Waals surface area contributed by atoms with E-state index < -0.39 is 0 Å². The highest BCUT2D eigenvalue weighted by molar-refractivity contribution is 7.11. The monoisotopic (exact) mass is 275 g/mol. The minimum Gasteiger partial charge on any atom is -0.347 e. The first-order valence-electron chi connectivity index (χ1n) is 6.34. The summed E-state index contributed by atoms with van der Waals surface area (Å²) in [4.78, 5) is 21.4. The van der Waals surface area contributed by atoms with Crippen LogP contribution in [0.4, 0.5) is 0 Å². The van der Waals surface area contributed by atoms with Crippen LogP contribution < -0.4 is 5.32 Å². The van der Waals surface area contributed by atoms with Crippen molar-refractivity contribution in [3.05, 3.63) is 45.7 Å². The zero-order valence-electron chi connectivity index (χ0n) is 11.1. The summed E-state index contributed by atoms with van der Waals surface area (Å²) in [5.74, 6) is -0.0766. The molecular weight excluding hydrogens is 258 g/mol. The second-order valence-electron chi connectivity index (χ2n) is 4.28. The largest absolute Gasteiger partial charge is 0.347 e. The first-order chi connectivity index (χ1) is 9.20. The summed E-state index contributed by atoms with van der Waals surface area (Å²) in [7, 11) is 0. The van der Waals surface area contributed by atoms with Crippen molar-refractivity contribution in [2.45, 2.75) is 33.2 Å². The SMILES string of the molecule is CCCc1nc(C)c(CNC(=O)c2ccncc2)s1. The Kier molecular flexibility index (Phi) is 4.63. The van der Waals surface area contributed by atoms with Crippen molar-refractivity contribution in [1.82, 2.24) is 15.3 Å². The first kappa shape index (κ1) is 13.7. The molecule has 100 valence electrons. The molecule has 0 aliphatic carbocycles. The number of amides is 1. The van der Waals surface area contributed by atoms with E-state index in [0.717, 1.165) is 28.4 Å². The van der Waals surface area contributed by atoms with E-state index in [1.165, 1.54) is 0 Å². The Morgan fingerprint density at radius 3 is 2.79 bits per heavy atom. The van der Waals surface area contributed by atoms with E-state index >= 15 is 0 Å². The molecule has 0 atom stereocenters. The van der Waals surface area contributed by atoms with Crippen LogP contribution in [0.3, 0.4) is 0 Å². The predicted molar refractivity (Wildman–Crippen MR) is 76.3 cm³/mol. The summed E-state index contributed by atoms with van der Waals surface area (Å²) in [6.45, 7) is 4.67. The van der Waals surface area contributed by atoms with E-state index in [-0.39, 0.29) is 5.91 Å². The quantitative estimate of drug-likeness (QED) is 0.913. The van der Waals surface area contributed by atoms with Crippen LogP contribution in [0.25, 0.3) is 0 Å². The Balaban J connectivity index is 1.97. The van der Waals surface area contributed by atoms with Gasteiger partial charge in [-0.1, -0.05) is 6.92 Å². The lowest BCUT2D eigenvalue weighted by atomic mass is 10.2. The predicted octanol–water partition coefficient (Wildman–Crippen LogP) is 2.73. The number of thiazole rings is 1. The van der Waals surface area contributed by atoms with Gasteiger partial charge in [0.25, 0.3) is 5.91 Å². The summed E-state index contributed by atoms with van der Waals surface area (Å²) in [5, 5.41) is 4.06. The molecule has 2 aromatic heterocycles. The summed E-state index contributed by atoms with van der Waals surface area (Å²) in [6.07, 6.45) is 5.33. The maximum absolute atomic E-state index is 11.9. The van der Waals surface area contributed by atoms with Crippen LogP contribution in [0, 0.1) is 6.92 Å². The number of rotatable bonds is 5. The smallest absolute Gasteiger partial charge is 0.251 e. The van der Waals surface area contributed by atoms with Gasteiger partial charge in [-0.25, -0.2) is 4.98 Å². The molecule has 4 nitrogen and oxygen atoms in total. The van der Waals surface area contributed by atoms with Crippen molar-refractivity contribution in [2.75, 3.05) is 0 Å². The second-order valence-corrected chi connectivity index (χ2v) is 5.45. The zero-order valence-corrected chi connectivity index (χ0v) is 12.0. The number of aromatic nitrogens is 2. The maximum atomic E-state index is 11.9. The summed E-state index contributed by atoms with van der Waals surface area (Å²) in [5.41, 5.74) is 1.65. The van der Waals surface area contributed by atoms with Crippen molar-refractivity contribution in [1.29, 1.82) is 0 Å². The molecule has 0 unspecified atom stereocenters. The average molecular weight is 275 g/mol. The molecule has 0 aliphatic rings. The molecule has 0 saturated heterocycles. The van der Waals surface area contributed by atoms with Crippen LogP contribution in [-0.4, -0.2) is 15.9 Å². The van der Waals surface area contributed by atoms with Crippen LogP contribution in [-0.2, 0) is 13.0 Å². The molecule has 0 bridgehead atoms. The minimum absolute atomic E-state index is 0.0766. The Morgan fingerprint density at radius 2 is 2.11 bits per heavy atom. The number of aryl methyl sites for hydroxylation is 2. The molecule has 1 N–H and O–H groups in total. The van der Waals surface area contributed by atoms with E-state index in [2.05, 4.69) is 22.2 Å². The van der Waals surface area contributed by atoms with Crippen LogP contribution in [0.15, 0.2) is 24.5 Å². The van der Waals surface area contributed by atoms with Gasteiger partial charge < -0.3 is 5.32 Å². The molecule has 5 heteroatoms. The van der Waals surface area contributed by atoms with Gasteiger partial charge in [0.1, 0.15) is 0 Å². The molecule has 0 spiro atoms. The van der Waals surface area contributed by atoms with E-state index in [4.69, 9.17) is 0 Å². The summed E-state index contributed by atoms with van der Waals surface area (Å²) in [6, 6.07) is 3.41. The van der Waals surface area contributed by atoms with E-state index in [1.54, 1.807) is 35.9 Å². The number of carbonyl (C=O) groups excluding carboxylic acids is 1. The molecule has 1 amide bonds. The Morgan fingerprint density at radius 1 is 1.37 bits per heavy atom. The van der Waals surface area contributed by atoms with Gasteiger partial charge in [-0.05, 0) is 31.9 Å². The number of hydrogen-bond donors (Lipinski definition) is 1. The van der Waals surface area contributed by atoms with Crippen molar-refractivity contribution >= 4 is 17.2 Å². The second kappa shape index (κ2) is 6.43. The van der Waals surface area contributed by atoms with Crippen molar-refractivity contribution < 1.29 is 4.79 Å². The molecule has 0 radical (unpaired) electrons. The molecule has 0 fully saturated rings. The van der Waals surface area contributed by atoms with Crippen LogP contribution in [0.1, 0.15) is 39.3 Å². The highest BCUT2D eigenvalue weighted by Crippen LogP contribution is 2.19. The average Bonchev–Trinajstić information content (AvgIpc) is 2.78. The number of carbonyl (C=O) groups is 1. The van der Waals surface area contributed by atoms with Gasteiger partial charge in [-0.2, -0.15) is 0 Å². The van der Waals surface area contributed by atoms with Gasteiger partial charge in [0.2, 0.25) is 0 Å². The standard InChI is InChI=1S/C14H17N3OS/c1-3-4-13-17-10(2)12(19-13)9-16-14(18)11-5-7-15-8-6-11/h5-8H,3-4,9H2,1-2H3,(H,16,18). The third kappa shape index (κ3) is 3.61. The molecule has 2 rings (SSSR count). The normalized spacial score (nSPS) is 10.4. The summed E-state index contributed by atoms with van der Waals surface area (Å²) < 4.78 is 0. The third-order valence-electron chi connectivity index (χ3n) is 2.75. The van der Waals surface area contributed by atoms with Gasteiger partial charge >= 0.3 is 0 Å². The van der Waals surface area contributed by atoms with Crippen LogP contribution in [0.5, 0.6) is 0 Å². The molecule has 0 saturated carbocycles. The van der Waals surface area contributed by atoms with Crippen molar-refractivity contribution in [3.8, 4) is 0 Å². The van der Waals surface area contributed by atoms with E-state index in [1.807, 2.05) is 6.92 Å². The highest BCUT2D eigenvalue weighted by atomic mass is 32.1.